The summed E-state index contributed by atoms with van der Waals surface area (Å²) in [5, 5.41) is 3.81. The van der Waals surface area contributed by atoms with Crippen LogP contribution in [0.4, 0.5) is 17.2 Å². The van der Waals surface area contributed by atoms with Gasteiger partial charge in [0.15, 0.2) is 5.82 Å². The standard InChI is InChI=1S/C17H14ClN5O/c18-13-3-5-15(6-4-13)23(12-24)16-2-1-8-20-17(16)21-10-14-7-9-19-11-22-14/h1-9,11-12H,10H2,(H,20,21). The molecule has 7 heteroatoms. The molecule has 1 N–H and O–H groups in total. The Morgan fingerprint density at radius 3 is 2.62 bits per heavy atom. The lowest BCUT2D eigenvalue weighted by Crippen LogP contribution is -2.17. The first kappa shape index (κ1) is 15.9. The molecular weight excluding hydrogens is 326 g/mol. The highest BCUT2D eigenvalue weighted by Gasteiger charge is 2.13. The fourth-order valence-corrected chi connectivity index (χ4v) is 2.31. The summed E-state index contributed by atoms with van der Waals surface area (Å²) in [7, 11) is 0. The van der Waals surface area contributed by atoms with Crippen molar-refractivity contribution in [1.82, 2.24) is 15.0 Å². The van der Waals surface area contributed by atoms with Gasteiger partial charge in [0.05, 0.1) is 17.9 Å². The molecule has 0 atom stereocenters. The van der Waals surface area contributed by atoms with E-state index in [2.05, 4.69) is 20.3 Å². The van der Waals surface area contributed by atoms with Gasteiger partial charge in [0.2, 0.25) is 6.41 Å². The Labute approximate surface area is 144 Å². The first-order chi connectivity index (χ1) is 11.8. The smallest absolute Gasteiger partial charge is 0.218 e. The SMILES string of the molecule is O=CN(c1ccc(Cl)cc1)c1cccnc1NCc1ccncn1. The molecule has 2 aromatic heterocycles. The van der Waals surface area contributed by atoms with E-state index in [0.717, 1.165) is 12.1 Å². The number of anilines is 3. The van der Waals surface area contributed by atoms with Gasteiger partial charge in [-0.25, -0.2) is 15.0 Å². The molecule has 3 rings (SSSR count). The number of hydrogen-bond acceptors (Lipinski definition) is 5. The number of carbonyl (C=O) groups is 1. The molecule has 1 amide bonds. The molecule has 0 saturated heterocycles. The van der Waals surface area contributed by atoms with E-state index in [4.69, 9.17) is 11.6 Å². The highest BCUT2D eigenvalue weighted by molar-refractivity contribution is 6.30. The molecule has 6 nitrogen and oxygen atoms in total. The normalized spacial score (nSPS) is 10.2. The molecule has 3 aromatic rings. The number of carbonyl (C=O) groups excluding carboxylic acids is 1. The highest BCUT2D eigenvalue weighted by atomic mass is 35.5. The van der Waals surface area contributed by atoms with Gasteiger partial charge in [-0.05, 0) is 42.5 Å². The summed E-state index contributed by atoms with van der Waals surface area (Å²) in [4.78, 5) is 25.5. The molecule has 0 spiro atoms. The largest absolute Gasteiger partial charge is 0.363 e. The summed E-state index contributed by atoms with van der Waals surface area (Å²) in [6, 6.07) is 12.4. The van der Waals surface area contributed by atoms with Crippen LogP contribution < -0.4 is 10.2 Å². The van der Waals surface area contributed by atoms with Gasteiger partial charge >= 0.3 is 0 Å². The van der Waals surface area contributed by atoms with Crippen LogP contribution in [-0.2, 0) is 11.3 Å². The van der Waals surface area contributed by atoms with Gasteiger partial charge in [0.25, 0.3) is 0 Å². The number of pyridine rings is 1. The Hall–Kier alpha value is -2.99. The Balaban J connectivity index is 1.87. The van der Waals surface area contributed by atoms with Crippen LogP contribution in [0, 0.1) is 0 Å². The van der Waals surface area contributed by atoms with Crippen molar-refractivity contribution in [3.8, 4) is 0 Å². The minimum absolute atomic E-state index is 0.472. The number of benzene rings is 1. The summed E-state index contributed by atoms with van der Waals surface area (Å²) >= 11 is 5.91. The Morgan fingerprint density at radius 1 is 1.08 bits per heavy atom. The molecule has 0 aliphatic carbocycles. The van der Waals surface area contributed by atoms with Crippen molar-refractivity contribution in [3.05, 3.63) is 71.9 Å². The van der Waals surface area contributed by atoms with Gasteiger partial charge in [-0.15, -0.1) is 0 Å². The molecule has 2 heterocycles. The van der Waals surface area contributed by atoms with Crippen molar-refractivity contribution in [2.24, 2.45) is 0 Å². The number of nitrogens with one attached hydrogen (secondary N) is 1. The Bertz CT molecular complexity index is 811. The summed E-state index contributed by atoms with van der Waals surface area (Å²) in [5.74, 6) is 0.582. The van der Waals surface area contributed by atoms with Crippen molar-refractivity contribution in [2.75, 3.05) is 10.2 Å². The predicted molar refractivity (Wildman–Crippen MR) is 93.3 cm³/mol. The van der Waals surface area contributed by atoms with Crippen LogP contribution in [0.3, 0.4) is 0 Å². The average molecular weight is 340 g/mol. The predicted octanol–water partition coefficient (Wildman–Crippen LogP) is 3.43. The molecule has 1 aromatic carbocycles. The topological polar surface area (TPSA) is 71.0 Å². The van der Waals surface area contributed by atoms with E-state index >= 15 is 0 Å². The fraction of sp³-hybridized carbons (Fsp3) is 0.0588. The Kier molecular flexibility index (Phi) is 4.98. The zero-order chi connectivity index (χ0) is 16.8. The number of aromatic nitrogens is 3. The van der Waals surface area contributed by atoms with Crippen LogP contribution in [0.2, 0.25) is 5.02 Å². The summed E-state index contributed by atoms with van der Waals surface area (Å²) < 4.78 is 0. The maximum absolute atomic E-state index is 11.6. The number of hydrogen-bond donors (Lipinski definition) is 1. The Morgan fingerprint density at radius 2 is 1.92 bits per heavy atom. The van der Waals surface area contributed by atoms with Crippen molar-refractivity contribution in [2.45, 2.75) is 6.54 Å². The first-order valence-electron chi connectivity index (χ1n) is 7.22. The second-order valence-electron chi connectivity index (χ2n) is 4.88. The maximum Gasteiger partial charge on any atom is 0.218 e. The van der Waals surface area contributed by atoms with E-state index in [0.29, 0.717) is 28.8 Å². The summed E-state index contributed by atoms with van der Waals surface area (Å²) in [5.41, 5.74) is 2.17. The number of rotatable bonds is 6. The second kappa shape index (κ2) is 7.52. The van der Waals surface area contributed by atoms with Crippen LogP contribution in [0.15, 0.2) is 61.2 Å². The van der Waals surface area contributed by atoms with Gasteiger partial charge in [-0.1, -0.05) is 11.6 Å². The first-order valence-corrected chi connectivity index (χ1v) is 7.59. The lowest BCUT2D eigenvalue weighted by Gasteiger charge is -2.20. The molecule has 0 aliphatic rings. The fourth-order valence-electron chi connectivity index (χ4n) is 2.18. The lowest BCUT2D eigenvalue weighted by atomic mass is 10.2. The zero-order valence-corrected chi connectivity index (χ0v) is 13.4. The molecule has 0 aliphatic heterocycles. The third-order valence-electron chi connectivity index (χ3n) is 3.34. The van der Waals surface area contributed by atoms with Crippen molar-refractivity contribution >= 4 is 35.2 Å². The van der Waals surface area contributed by atoms with Crippen molar-refractivity contribution < 1.29 is 4.79 Å². The van der Waals surface area contributed by atoms with Crippen LogP contribution in [0.1, 0.15) is 5.69 Å². The molecule has 0 radical (unpaired) electrons. The van der Waals surface area contributed by atoms with E-state index in [1.165, 1.54) is 11.2 Å². The summed E-state index contributed by atoms with van der Waals surface area (Å²) in [6.45, 7) is 0.472. The highest BCUT2D eigenvalue weighted by Crippen LogP contribution is 2.30. The van der Waals surface area contributed by atoms with Gasteiger partial charge in [0.1, 0.15) is 6.33 Å². The number of nitrogens with zero attached hydrogens (tertiary/aromatic N) is 4. The van der Waals surface area contributed by atoms with E-state index in [1.807, 2.05) is 12.1 Å². The molecule has 0 saturated carbocycles. The number of amides is 1. The van der Waals surface area contributed by atoms with Gasteiger partial charge < -0.3 is 5.32 Å². The van der Waals surface area contributed by atoms with Gasteiger partial charge in [-0.3, -0.25) is 9.69 Å². The zero-order valence-electron chi connectivity index (χ0n) is 12.6. The van der Waals surface area contributed by atoms with Gasteiger partial charge in [0, 0.05) is 23.1 Å². The minimum Gasteiger partial charge on any atom is -0.363 e. The van der Waals surface area contributed by atoms with Crippen LogP contribution in [0.5, 0.6) is 0 Å². The monoisotopic (exact) mass is 339 g/mol. The third kappa shape index (κ3) is 3.67. The lowest BCUT2D eigenvalue weighted by molar-refractivity contribution is -0.106. The van der Waals surface area contributed by atoms with E-state index in [9.17, 15) is 4.79 Å². The van der Waals surface area contributed by atoms with E-state index < -0.39 is 0 Å². The molecule has 0 unspecified atom stereocenters. The van der Waals surface area contributed by atoms with Gasteiger partial charge in [-0.2, -0.15) is 0 Å². The summed E-state index contributed by atoms with van der Waals surface area (Å²) in [6.07, 6.45) is 5.57. The van der Waals surface area contributed by atoms with E-state index in [-0.39, 0.29) is 0 Å². The minimum atomic E-state index is 0.472. The van der Waals surface area contributed by atoms with Crippen LogP contribution in [-0.4, -0.2) is 21.4 Å². The molecular formula is C17H14ClN5O. The second-order valence-corrected chi connectivity index (χ2v) is 5.31. The molecule has 24 heavy (non-hydrogen) atoms. The quantitative estimate of drug-likeness (QED) is 0.697. The average Bonchev–Trinajstić information content (AvgIpc) is 2.64. The van der Waals surface area contributed by atoms with Crippen LogP contribution in [0.25, 0.3) is 0 Å². The number of halogens is 1. The third-order valence-corrected chi connectivity index (χ3v) is 3.59. The van der Waals surface area contributed by atoms with Crippen LogP contribution >= 0.6 is 11.6 Å². The molecule has 0 fully saturated rings. The van der Waals surface area contributed by atoms with E-state index in [1.54, 1.807) is 42.7 Å². The molecule has 0 bridgehead atoms. The maximum atomic E-state index is 11.6. The van der Waals surface area contributed by atoms with Crippen molar-refractivity contribution in [3.63, 3.8) is 0 Å². The molecule has 120 valence electrons. The van der Waals surface area contributed by atoms with Crippen molar-refractivity contribution in [1.29, 1.82) is 0 Å².